The Kier molecular flexibility index (Phi) is 38.3. The molecule has 4 saturated carbocycles. The Morgan fingerprint density at radius 2 is 1.14 bits per heavy atom. The van der Waals surface area contributed by atoms with Crippen LogP contribution in [0.5, 0.6) is 0 Å². The SMILES string of the molecule is C.C.CC(C)C(=O)[C@H](CC1CCCCC1)N1C(=O)NC2(CCCC2)C1=O.CC(C)C(=O)[C@H](CC1CCCCC1)N1Cc2ccccc2C1=O.CC(C)C(=O)c1cn(CC2CCCC2)c2cc(Cl)ccc12.Cc1ccc2c(c1)C(C(C)C)N=C2C(=O)C(C)C.[CH2-]C=O.[CH2-]C=O.[Y].[Y]. The topological polar surface area (TPSA) is 189 Å². The van der Waals surface area contributed by atoms with Gasteiger partial charge in [-0.05, 0) is 111 Å². The van der Waals surface area contributed by atoms with E-state index in [0.29, 0.717) is 61.8 Å². The molecule has 4 amide bonds. The van der Waals surface area contributed by atoms with Crippen LogP contribution in [-0.2, 0) is 107 Å². The molecule has 96 heavy (non-hydrogen) atoms. The molecule has 3 atom stereocenters. The van der Waals surface area contributed by atoms with Crippen molar-refractivity contribution >= 4 is 81.8 Å². The number of aryl methyl sites for hydroxylation is 1. The summed E-state index contributed by atoms with van der Waals surface area (Å²) in [4.78, 5) is 114. The number of halogens is 1. The average Bonchev–Trinajstić information content (AvgIpc) is 2.46. The van der Waals surface area contributed by atoms with Crippen molar-refractivity contribution in [1.29, 1.82) is 0 Å². The monoisotopic (exact) mass is 1490 g/mol. The first-order chi connectivity index (χ1) is 43.8. The number of fused-ring (bicyclic) bond motifs is 3. The van der Waals surface area contributed by atoms with E-state index in [2.05, 4.69) is 61.6 Å². The van der Waals surface area contributed by atoms with E-state index in [4.69, 9.17) is 21.2 Å². The van der Waals surface area contributed by atoms with Crippen LogP contribution < -0.4 is 5.32 Å². The number of urea groups is 1. The van der Waals surface area contributed by atoms with Crippen molar-refractivity contribution in [2.75, 3.05) is 0 Å². The first-order valence-corrected chi connectivity index (χ1v) is 34.8. The van der Waals surface area contributed by atoms with Gasteiger partial charge in [-0.1, -0.05) is 234 Å². The normalized spacial score (nSPS) is 18.4. The zero-order valence-electron chi connectivity index (χ0n) is 58.3. The fourth-order valence-electron chi connectivity index (χ4n) is 14.6. The Bertz CT molecular complexity index is 3230. The molecule has 2 radical (unpaired) electrons. The van der Waals surface area contributed by atoms with E-state index in [0.717, 1.165) is 82.7 Å². The molecule has 1 N–H and O–H groups in total. The number of aliphatic imine (C=N–C) groups is 1. The molecule has 3 aromatic carbocycles. The van der Waals surface area contributed by atoms with Crippen LogP contribution in [0.25, 0.3) is 10.9 Å². The van der Waals surface area contributed by atoms with Crippen molar-refractivity contribution in [1.82, 2.24) is 19.7 Å². The predicted molar refractivity (Wildman–Crippen MR) is 382 cm³/mol. The summed E-state index contributed by atoms with van der Waals surface area (Å²) < 4.78 is 2.24. The molecule has 524 valence electrons. The van der Waals surface area contributed by atoms with Crippen LogP contribution >= 0.6 is 11.6 Å². The van der Waals surface area contributed by atoms with Crippen LogP contribution in [0.1, 0.15) is 262 Å². The molecular formula is C79H114ClN5O9Y2-2. The molecule has 4 aliphatic carbocycles. The van der Waals surface area contributed by atoms with Gasteiger partial charge in [0, 0.05) is 135 Å². The van der Waals surface area contributed by atoms with Crippen LogP contribution in [0.3, 0.4) is 0 Å². The van der Waals surface area contributed by atoms with Crippen LogP contribution in [0.15, 0.2) is 71.9 Å². The van der Waals surface area contributed by atoms with Gasteiger partial charge in [-0.15, -0.1) is 0 Å². The summed E-state index contributed by atoms with van der Waals surface area (Å²) in [7, 11) is 0. The number of nitrogens with one attached hydrogen (secondary N) is 1. The number of hydrogen-bond acceptors (Lipinski definition) is 10. The maximum atomic E-state index is 13.0. The Morgan fingerprint density at radius 3 is 1.65 bits per heavy atom. The summed E-state index contributed by atoms with van der Waals surface area (Å²) in [6, 6.07) is 18.8. The van der Waals surface area contributed by atoms with Crippen molar-refractivity contribution in [3.63, 3.8) is 0 Å². The number of rotatable bonds is 17. The minimum absolute atomic E-state index is 0. The molecule has 5 fully saturated rings. The summed E-state index contributed by atoms with van der Waals surface area (Å²) in [5.74, 6) is 2.53. The Morgan fingerprint density at radius 1 is 0.635 bits per heavy atom. The van der Waals surface area contributed by atoms with E-state index in [-0.39, 0.29) is 157 Å². The van der Waals surface area contributed by atoms with E-state index in [1.165, 1.54) is 93.1 Å². The smallest absolute Gasteiger partial charge is 0.325 e. The molecule has 1 aromatic heterocycles. The molecule has 4 aromatic rings. The molecule has 3 aliphatic heterocycles. The zero-order chi connectivity index (χ0) is 67.6. The molecule has 4 heterocycles. The van der Waals surface area contributed by atoms with E-state index in [1.807, 2.05) is 115 Å². The van der Waals surface area contributed by atoms with Gasteiger partial charge in [0.05, 0.1) is 17.6 Å². The third-order valence-corrected chi connectivity index (χ3v) is 19.8. The molecule has 7 aliphatic rings. The van der Waals surface area contributed by atoms with Crippen LogP contribution in [0, 0.1) is 68.1 Å². The number of nitrogens with zero attached hydrogens (tertiary/aromatic N) is 4. The fourth-order valence-corrected chi connectivity index (χ4v) is 14.7. The number of carbonyl (C=O) groups excluding carboxylic acids is 9. The average molecular weight is 1490 g/mol. The van der Waals surface area contributed by atoms with E-state index in [1.54, 1.807) is 0 Å². The van der Waals surface area contributed by atoms with Gasteiger partial charge in [0.25, 0.3) is 11.8 Å². The largest absolute Gasteiger partial charge is 0.346 e. The third kappa shape index (κ3) is 22.8. The van der Waals surface area contributed by atoms with Gasteiger partial charge in [-0.25, -0.2) is 4.79 Å². The number of aldehydes is 2. The van der Waals surface area contributed by atoms with E-state index in [9.17, 15) is 33.6 Å². The van der Waals surface area contributed by atoms with Crippen molar-refractivity contribution in [3.05, 3.63) is 119 Å². The number of Topliss-reactive ketones (excluding diaryl/α,β-unsaturated/α-hetero) is 4. The number of amides is 4. The van der Waals surface area contributed by atoms with Crippen molar-refractivity contribution in [2.45, 2.75) is 256 Å². The standard InChI is InChI=1S/C20H27NO2.C19H30N2O3.C18H22ClNO.C16H21NO.2C2H3O.2CH4.2Y/c1-14(2)19(22)18(12-15-8-4-3-5-9-15)21-13-16-10-6-7-11-17(16)20(21)23;1-13(2)16(22)15(12-14-8-4-3-5-9-14)21-17(23)19(20-18(21)24)10-6-7-11-19;1-12(2)18(21)16-11-20(10-13-5-3-4-6-13)17-9-14(19)7-8-15(16)17;1-9(2)14-13-8-11(5)6-7-12(13)15(17-14)16(18)10(3)4;2*1-2-3;;;;/h6-7,10-11,14-15,18H,3-5,8-9,12-13H2,1-2H3;13-15H,3-12H2,1-2H3,(H,20,24);7-9,11-13H,3-6,10H2,1-2H3;6-10,14H,1-5H3;2*2H,1H2;2*1H4;;/q;;;;2*-1;;;;/t18-;15-;;;;;;;;/m00......../s1. The maximum absolute atomic E-state index is 13.0. The second-order valence-electron chi connectivity index (χ2n) is 28.2. The summed E-state index contributed by atoms with van der Waals surface area (Å²) >= 11 is 6.16. The van der Waals surface area contributed by atoms with Gasteiger partial charge in [-0.3, -0.25) is 38.7 Å². The minimum atomic E-state index is -0.723. The van der Waals surface area contributed by atoms with Gasteiger partial charge in [0.2, 0.25) is 0 Å². The Hall–Kier alpha value is -4.46. The molecule has 14 nitrogen and oxygen atoms in total. The Labute approximate surface area is 632 Å². The van der Waals surface area contributed by atoms with Gasteiger partial charge in [0.1, 0.15) is 17.3 Å². The van der Waals surface area contributed by atoms with E-state index < -0.39 is 11.6 Å². The second kappa shape index (κ2) is 42.0. The minimum Gasteiger partial charge on any atom is -0.346 e. The summed E-state index contributed by atoms with van der Waals surface area (Å²) in [5.41, 5.74) is 7.21. The summed E-state index contributed by atoms with van der Waals surface area (Å²) in [6.07, 6.45) is 25.3. The molecular weight excluding hydrogens is 1380 g/mol. The van der Waals surface area contributed by atoms with E-state index >= 15 is 0 Å². The molecule has 0 bridgehead atoms. The number of aromatic nitrogens is 1. The number of hydrogen-bond donors (Lipinski definition) is 1. The number of benzene rings is 3. The zero-order valence-corrected chi connectivity index (χ0v) is 64.8. The van der Waals surface area contributed by atoms with Crippen LogP contribution in [0.2, 0.25) is 5.02 Å². The number of ketones is 4. The Balaban J connectivity index is 0.000000419. The fraction of sp³-hybridized carbons (Fsp3) is 0.595. The van der Waals surface area contributed by atoms with Crippen molar-refractivity contribution in [2.24, 2.45) is 52.3 Å². The van der Waals surface area contributed by atoms with Crippen LogP contribution in [0.4, 0.5) is 4.79 Å². The van der Waals surface area contributed by atoms with Gasteiger partial charge in [0.15, 0.2) is 23.1 Å². The molecule has 1 unspecified atom stereocenters. The third-order valence-electron chi connectivity index (χ3n) is 19.5. The van der Waals surface area contributed by atoms with Gasteiger partial charge >= 0.3 is 6.03 Å². The summed E-state index contributed by atoms with van der Waals surface area (Å²) in [6.45, 7) is 29.0. The first-order valence-electron chi connectivity index (χ1n) is 34.5. The molecule has 17 heteroatoms. The number of imide groups is 1. The molecule has 11 rings (SSSR count). The summed E-state index contributed by atoms with van der Waals surface area (Å²) in [5, 5.41) is 4.70. The van der Waals surface area contributed by atoms with Crippen LogP contribution in [-0.4, -0.2) is 91.3 Å². The van der Waals surface area contributed by atoms with Crippen molar-refractivity contribution in [3.8, 4) is 0 Å². The van der Waals surface area contributed by atoms with Gasteiger partial charge in [-0.2, -0.15) is 0 Å². The van der Waals surface area contributed by atoms with Crippen molar-refractivity contribution < 1.29 is 109 Å². The molecule has 1 saturated heterocycles. The molecule has 1 spiro atoms. The quantitative estimate of drug-likeness (QED) is 0.0464. The predicted octanol–water partition coefficient (Wildman–Crippen LogP) is 18.0. The second-order valence-corrected chi connectivity index (χ2v) is 28.7. The maximum Gasteiger partial charge on any atom is 0.325 e. The number of carbonyl (C=O) groups is 9. The first kappa shape index (κ1) is 87.6. The van der Waals surface area contributed by atoms with Gasteiger partial charge < -0.3 is 38.2 Å².